The SMILES string of the molecule is Cc1noc(C)c1CCC(=O)N1CCC(C(O)CO)CC1. The Hall–Kier alpha value is -1.40. The first-order valence-electron chi connectivity index (χ1n) is 7.51. The van der Waals surface area contributed by atoms with E-state index in [2.05, 4.69) is 5.16 Å². The first-order chi connectivity index (χ1) is 10.0. The molecule has 6 heteroatoms. The Labute approximate surface area is 124 Å². The number of carbonyl (C=O) groups is 1. The number of amides is 1. The molecular weight excluding hydrogens is 272 g/mol. The summed E-state index contributed by atoms with van der Waals surface area (Å²) in [6.07, 6.45) is 1.94. The third kappa shape index (κ3) is 3.83. The molecule has 1 saturated heterocycles. The Kier molecular flexibility index (Phi) is 5.36. The molecule has 0 radical (unpaired) electrons. The smallest absolute Gasteiger partial charge is 0.222 e. The fourth-order valence-electron chi connectivity index (χ4n) is 2.93. The monoisotopic (exact) mass is 296 g/mol. The van der Waals surface area contributed by atoms with E-state index in [4.69, 9.17) is 9.63 Å². The van der Waals surface area contributed by atoms with Gasteiger partial charge in [-0.2, -0.15) is 0 Å². The number of hydrogen-bond donors (Lipinski definition) is 2. The molecule has 21 heavy (non-hydrogen) atoms. The van der Waals surface area contributed by atoms with Gasteiger partial charge in [0, 0.05) is 25.1 Å². The van der Waals surface area contributed by atoms with Crippen LogP contribution in [0.5, 0.6) is 0 Å². The maximum absolute atomic E-state index is 12.2. The van der Waals surface area contributed by atoms with Crippen molar-refractivity contribution in [3.05, 3.63) is 17.0 Å². The largest absolute Gasteiger partial charge is 0.394 e. The molecule has 1 atom stereocenters. The predicted octanol–water partition coefficient (Wildman–Crippen LogP) is 0.816. The highest BCUT2D eigenvalue weighted by atomic mass is 16.5. The fraction of sp³-hybridized carbons (Fsp3) is 0.733. The van der Waals surface area contributed by atoms with Crippen molar-refractivity contribution in [2.24, 2.45) is 5.92 Å². The average molecular weight is 296 g/mol. The first-order valence-corrected chi connectivity index (χ1v) is 7.51. The molecule has 1 aromatic rings. The number of piperidine rings is 1. The minimum atomic E-state index is -0.662. The minimum absolute atomic E-state index is 0.0987. The van der Waals surface area contributed by atoms with E-state index < -0.39 is 6.10 Å². The number of nitrogens with zero attached hydrogens (tertiary/aromatic N) is 2. The summed E-state index contributed by atoms with van der Waals surface area (Å²) in [5.41, 5.74) is 1.87. The van der Waals surface area contributed by atoms with Gasteiger partial charge < -0.3 is 19.6 Å². The molecule has 2 heterocycles. The third-order valence-corrected chi connectivity index (χ3v) is 4.39. The van der Waals surface area contributed by atoms with Crippen LogP contribution >= 0.6 is 0 Å². The normalized spacial score (nSPS) is 18.0. The Morgan fingerprint density at radius 1 is 1.43 bits per heavy atom. The predicted molar refractivity (Wildman–Crippen MR) is 76.7 cm³/mol. The Bertz CT molecular complexity index is 459. The van der Waals surface area contributed by atoms with E-state index in [1.54, 1.807) is 0 Å². The second-order valence-electron chi connectivity index (χ2n) is 5.77. The van der Waals surface area contributed by atoms with Crippen LogP contribution < -0.4 is 0 Å². The van der Waals surface area contributed by atoms with Gasteiger partial charge in [0.2, 0.25) is 5.91 Å². The van der Waals surface area contributed by atoms with Crippen LogP contribution in [0.2, 0.25) is 0 Å². The topological polar surface area (TPSA) is 86.8 Å². The van der Waals surface area contributed by atoms with E-state index in [-0.39, 0.29) is 18.4 Å². The van der Waals surface area contributed by atoms with Gasteiger partial charge in [0.05, 0.1) is 18.4 Å². The number of carbonyl (C=O) groups excluding carboxylic acids is 1. The quantitative estimate of drug-likeness (QED) is 0.840. The number of rotatable bonds is 5. The third-order valence-electron chi connectivity index (χ3n) is 4.39. The Balaban J connectivity index is 1.80. The van der Waals surface area contributed by atoms with E-state index in [1.807, 2.05) is 18.7 Å². The molecule has 0 aromatic carbocycles. The molecule has 6 nitrogen and oxygen atoms in total. The molecule has 1 fully saturated rings. The Morgan fingerprint density at radius 3 is 2.62 bits per heavy atom. The van der Waals surface area contributed by atoms with Crippen LogP contribution in [0.1, 0.15) is 36.3 Å². The van der Waals surface area contributed by atoms with Crippen molar-refractivity contribution in [2.75, 3.05) is 19.7 Å². The number of aliphatic hydroxyl groups is 2. The molecule has 1 amide bonds. The highest BCUT2D eigenvalue weighted by molar-refractivity contribution is 5.76. The lowest BCUT2D eigenvalue weighted by Crippen LogP contribution is -2.42. The molecular formula is C15H24N2O4. The van der Waals surface area contributed by atoms with Gasteiger partial charge in [0.1, 0.15) is 5.76 Å². The fourth-order valence-corrected chi connectivity index (χ4v) is 2.93. The van der Waals surface area contributed by atoms with Crippen LogP contribution in [0.4, 0.5) is 0 Å². The first kappa shape index (κ1) is 16.0. The lowest BCUT2D eigenvalue weighted by Gasteiger charge is -2.33. The number of aliphatic hydroxyl groups excluding tert-OH is 2. The summed E-state index contributed by atoms with van der Waals surface area (Å²) in [4.78, 5) is 14.1. The lowest BCUT2D eigenvalue weighted by atomic mass is 9.91. The summed E-state index contributed by atoms with van der Waals surface area (Å²) in [6, 6.07) is 0. The number of aromatic nitrogens is 1. The van der Waals surface area contributed by atoms with Gasteiger partial charge in [0.25, 0.3) is 0 Å². The molecule has 118 valence electrons. The van der Waals surface area contributed by atoms with Gasteiger partial charge in [-0.3, -0.25) is 4.79 Å². The van der Waals surface area contributed by atoms with Crippen LogP contribution in [0, 0.1) is 19.8 Å². The van der Waals surface area contributed by atoms with Crippen molar-refractivity contribution < 1.29 is 19.5 Å². The van der Waals surface area contributed by atoms with Gasteiger partial charge in [-0.15, -0.1) is 0 Å². The highest BCUT2D eigenvalue weighted by Crippen LogP contribution is 2.22. The zero-order valence-electron chi connectivity index (χ0n) is 12.7. The number of aryl methyl sites for hydroxylation is 2. The average Bonchev–Trinajstić information content (AvgIpc) is 2.83. The van der Waals surface area contributed by atoms with Crippen molar-refractivity contribution in [3.8, 4) is 0 Å². The molecule has 0 bridgehead atoms. The molecule has 0 saturated carbocycles. The molecule has 2 N–H and O–H groups in total. The molecule has 0 aliphatic carbocycles. The summed E-state index contributed by atoms with van der Waals surface area (Å²) in [7, 11) is 0. The van der Waals surface area contributed by atoms with Crippen molar-refractivity contribution >= 4 is 5.91 Å². The number of likely N-dealkylation sites (tertiary alicyclic amines) is 1. The molecule has 1 unspecified atom stereocenters. The van der Waals surface area contributed by atoms with Crippen molar-refractivity contribution in [1.29, 1.82) is 0 Å². The van der Waals surface area contributed by atoms with Gasteiger partial charge >= 0.3 is 0 Å². The van der Waals surface area contributed by atoms with E-state index >= 15 is 0 Å². The van der Waals surface area contributed by atoms with Crippen molar-refractivity contribution in [3.63, 3.8) is 0 Å². The van der Waals surface area contributed by atoms with Gasteiger partial charge in [-0.05, 0) is 39.0 Å². The summed E-state index contributed by atoms with van der Waals surface area (Å²) in [5, 5.41) is 22.5. The van der Waals surface area contributed by atoms with Crippen molar-refractivity contribution in [2.45, 2.75) is 45.6 Å². The van der Waals surface area contributed by atoms with Crippen LogP contribution in [-0.4, -0.2) is 52.0 Å². The van der Waals surface area contributed by atoms with Crippen molar-refractivity contribution in [1.82, 2.24) is 10.1 Å². The standard InChI is InChI=1S/C15H24N2O4/c1-10-13(11(2)21-16-10)3-4-15(20)17-7-5-12(6-8-17)14(19)9-18/h12,14,18-19H,3-9H2,1-2H3. The van der Waals surface area contributed by atoms with Crippen LogP contribution in [-0.2, 0) is 11.2 Å². The van der Waals surface area contributed by atoms with Crippen LogP contribution in [0.3, 0.4) is 0 Å². The maximum Gasteiger partial charge on any atom is 0.222 e. The second kappa shape index (κ2) is 7.04. The zero-order chi connectivity index (χ0) is 15.4. The van der Waals surface area contributed by atoms with Gasteiger partial charge in [-0.1, -0.05) is 5.16 Å². The maximum atomic E-state index is 12.2. The number of hydrogen-bond acceptors (Lipinski definition) is 5. The molecule has 1 aliphatic heterocycles. The van der Waals surface area contributed by atoms with Gasteiger partial charge in [0.15, 0.2) is 0 Å². The van der Waals surface area contributed by atoms with E-state index in [0.29, 0.717) is 25.9 Å². The lowest BCUT2D eigenvalue weighted by molar-refractivity contribution is -0.133. The summed E-state index contributed by atoms with van der Waals surface area (Å²) in [6.45, 7) is 4.86. The molecule has 1 aliphatic rings. The molecule has 2 rings (SSSR count). The summed E-state index contributed by atoms with van der Waals surface area (Å²) < 4.78 is 5.10. The second-order valence-corrected chi connectivity index (χ2v) is 5.77. The van der Waals surface area contributed by atoms with Crippen LogP contribution in [0.15, 0.2) is 4.52 Å². The van der Waals surface area contributed by atoms with E-state index in [9.17, 15) is 9.90 Å². The highest BCUT2D eigenvalue weighted by Gasteiger charge is 2.27. The summed E-state index contributed by atoms with van der Waals surface area (Å²) >= 11 is 0. The molecule has 0 spiro atoms. The van der Waals surface area contributed by atoms with E-state index in [1.165, 1.54) is 0 Å². The molecule has 1 aromatic heterocycles. The summed E-state index contributed by atoms with van der Waals surface area (Å²) in [5.74, 6) is 1.01. The van der Waals surface area contributed by atoms with E-state index in [0.717, 1.165) is 29.9 Å². The van der Waals surface area contributed by atoms with Crippen LogP contribution in [0.25, 0.3) is 0 Å². The van der Waals surface area contributed by atoms with Gasteiger partial charge in [-0.25, -0.2) is 0 Å². The zero-order valence-corrected chi connectivity index (χ0v) is 12.7. The minimum Gasteiger partial charge on any atom is -0.394 e. The Morgan fingerprint density at radius 2 is 2.10 bits per heavy atom.